The fourth-order valence-corrected chi connectivity index (χ4v) is 3.60. The van der Waals surface area contributed by atoms with Crippen LogP contribution in [0.25, 0.3) is 0 Å². The van der Waals surface area contributed by atoms with E-state index in [0.717, 1.165) is 19.3 Å². The maximum absolute atomic E-state index is 11.7. The van der Waals surface area contributed by atoms with Crippen molar-refractivity contribution in [1.82, 2.24) is 0 Å². The molecule has 1 N–H and O–H groups in total. The zero-order valence-electron chi connectivity index (χ0n) is 12.1. The molecule has 1 atom stereocenters. The zero-order valence-corrected chi connectivity index (χ0v) is 12.1. The van der Waals surface area contributed by atoms with Gasteiger partial charge in [-0.2, -0.15) is 0 Å². The van der Waals surface area contributed by atoms with E-state index in [2.05, 4.69) is 32.2 Å². The second-order valence-electron chi connectivity index (χ2n) is 5.43. The van der Waals surface area contributed by atoms with Crippen molar-refractivity contribution in [2.75, 3.05) is 0 Å². The zero-order chi connectivity index (χ0) is 14.8. The van der Waals surface area contributed by atoms with Gasteiger partial charge in [0, 0.05) is 18.3 Å². The van der Waals surface area contributed by atoms with Gasteiger partial charge in [-0.3, -0.25) is 4.79 Å². The first-order valence-electron chi connectivity index (χ1n) is 7.19. The van der Waals surface area contributed by atoms with Gasteiger partial charge in [-0.05, 0) is 42.5 Å². The van der Waals surface area contributed by atoms with Gasteiger partial charge in [0.25, 0.3) is 0 Å². The fourth-order valence-electron chi connectivity index (χ4n) is 3.60. The molecule has 3 rings (SSSR count). The molecule has 2 heteroatoms. The van der Waals surface area contributed by atoms with E-state index in [4.69, 9.17) is 0 Å². The predicted molar refractivity (Wildman–Crippen MR) is 82.0 cm³/mol. The second kappa shape index (κ2) is 5.66. The summed E-state index contributed by atoms with van der Waals surface area (Å²) in [5, 5.41) is 9.61. The summed E-state index contributed by atoms with van der Waals surface area (Å²) in [6.45, 7) is 8.20. The molecular weight excluding hydrogens is 248 g/mol. The van der Waals surface area contributed by atoms with Crippen molar-refractivity contribution >= 4 is 5.78 Å². The first kappa shape index (κ1) is 14.6. The highest BCUT2D eigenvalue weighted by Crippen LogP contribution is 2.49. The molecule has 2 nitrogen and oxygen atoms in total. The molecule has 0 aliphatic heterocycles. The van der Waals surface area contributed by atoms with Crippen LogP contribution in [0, 0.1) is 0 Å². The Labute approximate surface area is 120 Å². The topological polar surface area (TPSA) is 37.3 Å². The number of benzene rings is 1. The van der Waals surface area contributed by atoms with Crippen molar-refractivity contribution in [1.29, 1.82) is 0 Å². The first-order chi connectivity index (χ1) is 9.65. The van der Waals surface area contributed by atoms with Crippen LogP contribution in [-0.4, -0.2) is 10.9 Å². The largest absolute Gasteiger partial charge is 0.508 e. The third-order valence-corrected chi connectivity index (χ3v) is 4.61. The number of ketones is 1. The van der Waals surface area contributed by atoms with Crippen LogP contribution < -0.4 is 0 Å². The van der Waals surface area contributed by atoms with E-state index in [1.165, 1.54) is 16.7 Å². The summed E-state index contributed by atoms with van der Waals surface area (Å²) in [6.07, 6.45) is 6.31. The molecule has 0 saturated heterocycles. The molecular formula is C18H22O2. The van der Waals surface area contributed by atoms with Gasteiger partial charge in [0.2, 0.25) is 0 Å². The number of allylic oxidation sites excluding steroid dienone is 2. The maximum Gasteiger partial charge on any atom is 0.137 e. The Kier molecular flexibility index (Phi) is 4.12. The van der Waals surface area contributed by atoms with E-state index in [1.54, 1.807) is 6.07 Å². The van der Waals surface area contributed by atoms with Crippen LogP contribution >= 0.6 is 0 Å². The summed E-state index contributed by atoms with van der Waals surface area (Å²) < 4.78 is 0. The number of phenols is 1. The Morgan fingerprint density at radius 1 is 1.35 bits per heavy atom. The van der Waals surface area contributed by atoms with Gasteiger partial charge in [0.15, 0.2) is 0 Å². The van der Waals surface area contributed by atoms with Crippen LogP contribution in [-0.2, 0) is 16.6 Å². The molecule has 1 saturated carbocycles. The highest BCUT2D eigenvalue weighted by molar-refractivity contribution is 5.83. The quantitative estimate of drug-likeness (QED) is 0.781. The Morgan fingerprint density at radius 3 is 2.80 bits per heavy atom. The lowest BCUT2D eigenvalue weighted by molar-refractivity contribution is -0.119. The molecule has 2 aliphatic carbocycles. The summed E-state index contributed by atoms with van der Waals surface area (Å²) in [5.41, 5.74) is 3.90. The minimum absolute atomic E-state index is 0.0508. The Hall–Kier alpha value is -1.83. The molecule has 2 aliphatic rings. The molecule has 0 bridgehead atoms. The van der Waals surface area contributed by atoms with Crippen molar-refractivity contribution < 1.29 is 9.90 Å². The molecule has 106 valence electrons. The maximum atomic E-state index is 11.7. The highest BCUT2D eigenvalue weighted by Gasteiger charge is 2.41. The number of phenolic OH excluding ortho intramolecular Hbond substituents is 1. The summed E-state index contributed by atoms with van der Waals surface area (Å²) in [5.74, 6) is 0.705. The van der Waals surface area contributed by atoms with Crippen LogP contribution in [0.4, 0.5) is 0 Å². The van der Waals surface area contributed by atoms with Crippen molar-refractivity contribution in [2.24, 2.45) is 0 Å². The lowest BCUT2D eigenvalue weighted by atomic mass is 9.60. The molecule has 0 unspecified atom stereocenters. The van der Waals surface area contributed by atoms with Gasteiger partial charge in [-0.1, -0.05) is 24.6 Å². The molecule has 0 aromatic heterocycles. The van der Waals surface area contributed by atoms with Gasteiger partial charge in [-0.25, -0.2) is 0 Å². The monoisotopic (exact) mass is 270 g/mol. The third-order valence-electron chi connectivity index (χ3n) is 4.61. The lowest BCUT2D eigenvalue weighted by Crippen LogP contribution is -2.36. The van der Waals surface area contributed by atoms with Crippen molar-refractivity contribution in [3.8, 4) is 5.75 Å². The Bertz CT molecular complexity index is 557. The van der Waals surface area contributed by atoms with Gasteiger partial charge >= 0.3 is 0 Å². The number of aromatic hydroxyl groups is 1. The van der Waals surface area contributed by atoms with Crippen LogP contribution in [0.5, 0.6) is 5.75 Å². The van der Waals surface area contributed by atoms with E-state index in [1.807, 2.05) is 6.07 Å². The van der Waals surface area contributed by atoms with Crippen LogP contribution in [0.15, 0.2) is 43.0 Å². The van der Waals surface area contributed by atoms with E-state index < -0.39 is 0 Å². The van der Waals surface area contributed by atoms with Crippen LogP contribution in [0.3, 0.4) is 0 Å². The number of carbonyl (C=O) groups is 1. The molecule has 0 heterocycles. The number of Topliss-reactive ketones (excluding diaryl/α,β-unsaturated/α-hetero) is 1. The van der Waals surface area contributed by atoms with Crippen LogP contribution in [0.2, 0.25) is 0 Å². The second-order valence-corrected chi connectivity index (χ2v) is 5.43. The van der Waals surface area contributed by atoms with Crippen molar-refractivity contribution in [3.05, 3.63) is 54.1 Å². The number of hydrogen-bond donors (Lipinski definition) is 1. The smallest absolute Gasteiger partial charge is 0.137 e. The Morgan fingerprint density at radius 2 is 2.10 bits per heavy atom. The summed E-state index contributed by atoms with van der Waals surface area (Å²) >= 11 is 0. The number of carbonyl (C=O) groups excluding carboxylic acids is 1. The molecule has 0 spiro atoms. The van der Waals surface area contributed by atoms with Crippen LogP contribution in [0.1, 0.15) is 43.7 Å². The van der Waals surface area contributed by atoms with Gasteiger partial charge in [-0.15, -0.1) is 13.2 Å². The van der Waals surface area contributed by atoms with E-state index in [-0.39, 0.29) is 5.41 Å². The summed E-state index contributed by atoms with van der Waals surface area (Å²) in [7, 11) is 0. The average Bonchev–Trinajstić information content (AvgIpc) is 2.48. The average molecular weight is 270 g/mol. The standard InChI is InChI=1S/C16H18O2.C2H4/c1-2-16-8-7-14(18)10-12(16)4-3-11-9-13(17)5-6-15(11)16;1-2/h4-6,9,17H,2-3,7-8,10H2,1H3;1-2H2/t16-;/m1./s1. The normalized spacial score (nSPS) is 23.9. The van der Waals surface area contributed by atoms with Gasteiger partial charge in [0.05, 0.1) is 0 Å². The van der Waals surface area contributed by atoms with Crippen molar-refractivity contribution in [3.63, 3.8) is 0 Å². The highest BCUT2D eigenvalue weighted by atomic mass is 16.3. The summed E-state index contributed by atoms with van der Waals surface area (Å²) in [6, 6.07) is 5.70. The first-order valence-corrected chi connectivity index (χ1v) is 7.19. The minimum atomic E-state index is 0.0508. The molecule has 0 amide bonds. The van der Waals surface area contributed by atoms with Gasteiger partial charge in [0.1, 0.15) is 11.5 Å². The minimum Gasteiger partial charge on any atom is -0.508 e. The Balaban J connectivity index is 0.000000704. The van der Waals surface area contributed by atoms with E-state index in [9.17, 15) is 9.90 Å². The number of hydrogen-bond acceptors (Lipinski definition) is 2. The number of rotatable bonds is 1. The van der Waals surface area contributed by atoms with Crippen molar-refractivity contribution in [2.45, 2.75) is 44.4 Å². The third kappa shape index (κ3) is 2.20. The fraction of sp³-hybridized carbons (Fsp3) is 0.389. The molecule has 20 heavy (non-hydrogen) atoms. The van der Waals surface area contributed by atoms with Gasteiger partial charge < -0.3 is 5.11 Å². The molecule has 1 fully saturated rings. The molecule has 1 aromatic carbocycles. The SMILES string of the molecule is C=C.CC[C@@]12CCC(=O)CC1=CCc1cc(O)ccc12. The molecule has 1 aromatic rings. The predicted octanol–water partition coefficient (Wildman–Crippen LogP) is 4.08. The lowest BCUT2D eigenvalue weighted by Gasteiger charge is -2.43. The van der Waals surface area contributed by atoms with E-state index >= 15 is 0 Å². The molecule has 0 radical (unpaired) electrons. The number of fused-ring (bicyclic) bond motifs is 3. The van der Waals surface area contributed by atoms with E-state index in [0.29, 0.717) is 24.4 Å². The summed E-state index contributed by atoms with van der Waals surface area (Å²) in [4.78, 5) is 11.7.